The Balaban J connectivity index is 2.04. The number of fused-ring (bicyclic) bond motifs is 1. The van der Waals surface area contributed by atoms with Crippen LogP contribution < -0.4 is 4.74 Å². The van der Waals surface area contributed by atoms with E-state index in [0.29, 0.717) is 28.0 Å². The first-order chi connectivity index (χ1) is 10.2. The lowest BCUT2D eigenvalue weighted by Crippen LogP contribution is -1.94. The molecule has 0 bridgehead atoms. The quantitative estimate of drug-likeness (QED) is 0.628. The fourth-order valence-corrected chi connectivity index (χ4v) is 2.46. The normalized spacial score (nSPS) is 10.8. The second-order valence-corrected chi connectivity index (χ2v) is 5.32. The average Bonchev–Trinajstić information content (AvgIpc) is 2.52. The van der Waals surface area contributed by atoms with E-state index in [1.807, 2.05) is 25.1 Å². The molecule has 0 radical (unpaired) electrons. The lowest BCUT2D eigenvalue weighted by molar-refractivity contribution is 0.463. The summed E-state index contributed by atoms with van der Waals surface area (Å²) in [5, 5.41) is 1.50. The summed E-state index contributed by atoms with van der Waals surface area (Å²) in [4.78, 5) is 8.65. The molecule has 0 amide bonds. The molecule has 0 aliphatic rings. The number of pyridine rings is 2. The van der Waals surface area contributed by atoms with Gasteiger partial charge in [-0.2, -0.15) is 0 Å². The van der Waals surface area contributed by atoms with Gasteiger partial charge in [0.15, 0.2) is 5.75 Å². The topological polar surface area (TPSA) is 35.0 Å². The molecule has 0 aliphatic heterocycles. The zero-order valence-electron chi connectivity index (χ0n) is 11.3. The summed E-state index contributed by atoms with van der Waals surface area (Å²) in [5.41, 5.74) is 2.60. The zero-order valence-corrected chi connectivity index (χ0v) is 12.8. The number of rotatable bonds is 3. The Bertz CT molecular complexity index is 805. The van der Waals surface area contributed by atoms with Crippen LogP contribution in [0.3, 0.4) is 0 Å². The highest BCUT2D eigenvalue weighted by atomic mass is 35.5. The minimum Gasteiger partial charge on any atom is -0.436 e. The predicted molar refractivity (Wildman–Crippen MR) is 85.4 cm³/mol. The van der Waals surface area contributed by atoms with E-state index in [1.165, 1.54) is 0 Å². The Kier molecular flexibility index (Phi) is 3.95. The molecule has 0 fully saturated rings. The van der Waals surface area contributed by atoms with Crippen LogP contribution in [0.25, 0.3) is 10.9 Å². The summed E-state index contributed by atoms with van der Waals surface area (Å²) < 4.78 is 5.90. The number of hydrogen-bond acceptors (Lipinski definition) is 3. The van der Waals surface area contributed by atoms with Crippen molar-refractivity contribution in [3.05, 3.63) is 58.9 Å². The molecule has 0 aliphatic carbocycles. The minimum absolute atomic E-state index is 0.430. The second-order valence-electron chi connectivity index (χ2n) is 4.65. The number of hydrogen-bond donors (Lipinski definition) is 0. The van der Waals surface area contributed by atoms with Crippen molar-refractivity contribution in [1.82, 2.24) is 9.97 Å². The third-order valence-corrected chi connectivity index (χ3v) is 3.77. The molecule has 3 nitrogen and oxygen atoms in total. The summed E-state index contributed by atoms with van der Waals surface area (Å²) in [6.45, 7) is 1.93. The van der Waals surface area contributed by atoms with Crippen LogP contribution in [0, 0.1) is 6.92 Å². The van der Waals surface area contributed by atoms with Gasteiger partial charge < -0.3 is 4.74 Å². The van der Waals surface area contributed by atoms with Crippen molar-refractivity contribution in [2.75, 3.05) is 0 Å². The molecule has 1 aromatic carbocycles. The first-order valence-corrected chi connectivity index (χ1v) is 7.33. The third kappa shape index (κ3) is 2.80. The van der Waals surface area contributed by atoms with Gasteiger partial charge in [-0.05, 0) is 42.8 Å². The van der Waals surface area contributed by atoms with Crippen molar-refractivity contribution in [2.24, 2.45) is 0 Å². The van der Waals surface area contributed by atoms with Gasteiger partial charge in [-0.3, -0.25) is 4.98 Å². The van der Waals surface area contributed by atoms with E-state index in [2.05, 4.69) is 9.97 Å². The molecular formula is C16H12Cl2N2O. The fraction of sp³-hybridized carbons (Fsp3) is 0.125. The Morgan fingerprint density at radius 1 is 1.19 bits per heavy atom. The molecule has 0 spiro atoms. The standard InChI is InChI=1S/C16H12Cl2N2O/c1-10-7-11(8-17)9-20-16(10)21-14-5-4-13(18)12-3-2-6-19-15(12)14/h2-7,9H,8H2,1H3. The lowest BCUT2D eigenvalue weighted by atomic mass is 10.2. The molecule has 0 saturated heterocycles. The molecule has 3 aromatic rings. The van der Waals surface area contributed by atoms with Crippen molar-refractivity contribution in [3.8, 4) is 11.6 Å². The third-order valence-electron chi connectivity index (χ3n) is 3.13. The van der Waals surface area contributed by atoms with E-state index in [4.69, 9.17) is 27.9 Å². The molecule has 0 N–H and O–H groups in total. The van der Waals surface area contributed by atoms with Gasteiger partial charge in [-0.25, -0.2) is 4.98 Å². The molecule has 2 heterocycles. The van der Waals surface area contributed by atoms with Crippen LogP contribution in [0.4, 0.5) is 0 Å². The highest BCUT2D eigenvalue weighted by Gasteiger charge is 2.10. The molecule has 21 heavy (non-hydrogen) atoms. The van der Waals surface area contributed by atoms with Gasteiger partial charge in [0.2, 0.25) is 5.88 Å². The van der Waals surface area contributed by atoms with Crippen molar-refractivity contribution < 1.29 is 4.74 Å². The number of nitrogens with zero attached hydrogens (tertiary/aromatic N) is 2. The summed E-state index contributed by atoms with van der Waals surface area (Å²) in [7, 11) is 0. The number of ether oxygens (including phenoxy) is 1. The van der Waals surface area contributed by atoms with Gasteiger partial charge in [-0.15, -0.1) is 11.6 Å². The average molecular weight is 319 g/mol. The molecule has 106 valence electrons. The van der Waals surface area contributed by atoms with Crippen LogP contribution in [0.2, 0.25) is 5.02 Å². The van der Waals surface area contributed by atoms with Crippen molar-refractivity contribution in [3.63, 3.8) is 0 Å². The van der Waals surface area contributed by atoms with Gasteiger partial charge >= 0.3 is 0 Å². The Morgan fingerprint density at radius 3 is 2.81 bits per heavy atom. The van der Waals surface area contributed by atoms with Gasteiger partial charge in [-0.1, -0.05) is 11.6 Å². The maximum Gasteiger partial charge on any atom is 0.222 e. The number of aromatic nitrogens is 2. The monoisotopic (exact) mass is 318 g/mol. The number of benzene rings is 1. The second kappa shape index (κ2) is 5.88. The van der Waals surface area contributed by atoms with Crippen molar-refractivity contribution >= 4 is 34.1 Å². The van der Waals surface area contributed by atoms with Crippen LogP contribution in [0.15, 0.2) is 42.7 Å². The first kappa shape index (κ1) is 14.1. The Labute approximate surface area is 132 Å². The van der Waals surface area contributed by atoms with E-state index in [-0.39, 0.29) is 0 Å². The van der Waals surface area contributed by atoms with Crippen LogP contribution >= 0.6 is 23.2 Å². The maximum atomic E-state index is 6.18. The smallest absolute Gasteiger partial charge is 0.222 e. The molecule has 0 unspecified atom stereocenters. The Hall–Kier alpha value is -1.84. The molecule has 5 heteroatoms. The fourth-order valence-electron chi connectivity index (χ4n) is 2.10. The van der Waals surface area contributed by atoms with Crippen LogP contribution in [-0.4, -0.2) is 9.97 Å². The lowest BCUT2D eigenvalue weighted by Gasteiger charge is -2.10. The van der Waals surface area contributed by atoms with Crippen LogP contribution in [0.1, 0.15) is 11.1 Å². The van der Waals surface area contributed by atoms with Crippen LogP contribution in [-0.2, 0) is 5.88 Å². The first-order valence-electron chi connectivity index (χ1n) is 6.41. The largest absolute Gasteiger partial charge is 0.436 e. The van der Waals surface area contributed by atoms with E-state index in [1.54, 1.807) is 24.5 Å². The number of halogens is 2. The summed E-state index contributed by atoms with van der Waals surface area (Å²) >= 11 is 12.0. The Morgan fingerprint density at radius 2 is 2.05 bits per heavy atom. The number of alkyl halides is 1. The summed E-state index contributed by atoms with van der Waals surface area (Å²) in [5.74, 6) is 1.60. The highest BCUT2D eigenvalue weighted by Crippen LogP contribution is 2.33. The molecule has 0 saturated carbocycles. The zero-order chi connectivity index (χ0) is 14.8. The van der Waals surface area contributed by atoms with Gasteiger partial charge in [0.05, 0.1) is 5.02 Å². The number of aryl methyl sites for hydroxylation is 1. The highest BCUT2D eigenvalue weighted by molar-refractivity contribution is 6.35. The SMILES string of the molecule is Cc1cc(CCl)cnc1Oc1ccc(Cl)c2cccnc12. The van der Waals surface area contributed by atoms with E-state index >= 15 is 0 Å². The van der Waals surface area contributed by atoms with Gasteiger partial charge in [0, 0.05) is 29.2 Å². The van der Waals surface area contributed by atoms with Gasteiger partial charge in [0.1, 0.15) is 5.52 Å². The van der Waals surface area contributed by atoms with Gasteiger partial charge in [0.25, 0.3) is 0 Å². The maximum absolute atomic E-state index is 6.18. The molecular weight excluding hydrogens is 307 g/mol. The summed E-state index contributed by atoms with van der Waals surface area (Å²) in [6.07, 6.45) is 3.42. The predicted octanol–water partition coefficient (Wildman–Crippen LogP) is 5.12. The molecule has 3 rings (SSSR count). The van der Waals surface area contributed by atoms with E-state index in [0.717, 1.165) is 16.5 Å². The van der Waals surface area contributed by atoms with E-state index < -0.39 is 0 Å². The van der Waals surface area contributed by atoms with Crippen molar-refractivity contribution in [1.29, 1.82) is 0 Å². The molecule has 0 atom stereocenters. The molecule has 2 aromatic heterocycles. The van der Waals surface area contributed by atoms with Crippen LogP contribution in [0.5, 0.6) is 11.6 Å². The van der Waals surface area contributed by atoms with E-state index in [9.17, 15) is 0 Å². The minimum atomic E-state index is 0.430. The van der Waals surface area contributed by atoms with Crippen molar-refractivity contribution in [2.45, 2.75) is 12.8 Å². The summed E-state index contributed by atoms with van der Waals surface area (Å²) in [6, 6.07) is 9.31.